The predicted molar refractivity (Wildman–Crippen MR) is 122 cm³/mol. The molecule has 0 saturated carbocycles. The molecule has 2 aromatic heterocycles. The van der Waals surface area contributed by atoms with Crippen LogP contribution in [0.15, 0.2) is 45.7 Å². The minimum Gasteiger partial charge on any atom is -0.372 e. The first-order valence-electron chi connectivity index (χ1n) is 9.86. The van der Waals surface area contributed by atoms with Crippen molar-refractivity contribution in [2.24, 2.45) is 10.1 Å². The molecule has 0 amide bonds. The highest BCUT2D eigenvalue weighted by atomic mass is 32.2. The van der Waals surface area contributed by atoms with Crippen molar-refractivity contribution in [1.29, 1.82) is 5.26 Å². The third-order valence-electron chi connectivity index (χ3n) is 4.99. The number of hydrogen-bond donors (Lipinski definition) is 0. The molecular formula is C21H21N9S. The second-order valence-corrected chi connectivity index (χ2v) is 7.53. The Morgan fingerprint density at radius 2 is 1.87 bits per heavy atom. The second kappa shape index (κ2) is 8.65. The summed E-state index contributed by atoms with van der Waals surface area (Å²) in [5.41, 5.74) is 4.06. The van der Waals surface area contributed by atoms with E-state index in [1.54, 1.807) is 12.4 Å². The van der Waals surface area contributed by atoms with Crippen molar-refractivity contribution < 1.29 is 0 Å². The van der Waals surface area contributed by atoms with Gasteiger partial charge in [0.1, 0.15) is 22.5 Å². The molecule has 10 heteroatoms. The monoisotopic (exact) mass is 431 g/mol. The van der Waals surface area contributed by atoms with Gasteiger partial charge in [0.25, 0.3) is 0 Å². The van der Waals surface area contributed by atoms with E-state index in [0.717, 1.165) is 30.0 Å². The zero-order chi connectivity index (χ0) is 22.0. The van der Waals surface area contributed by atoms with E-state index >= 15 is 0 Å². The van der Waals surface area contributed by atoms with Crippen LogP contribution in [0.1, 0.15) is 25.2 Å². The molecule has 156 valence electrons. The van der Waals surface area contributed by atoms with Crippen LogP contribution in [0.5, 0.6) is 0 Å². The summed E-state index contributed by atoms with van der Waals surface area (Å²) >= 11 is 1.46. The molecule has 3 heterocycles. The lowest BCUT2D eigenvalue weighted by atomic mass is 10.1. The summed E-state index contributed by atoms with van der Waals surface area (Å²) in [6.07, 6.45) is 5.13. The molecule has 1 aromatic carbocycles. The van der Waals surface area contributed by atoms with E-state index in [9.17, 15) is 5.26 Å². The zero-order valence-electron chi connectivity index (χ0n) is 17.7. The van der Waals surface area contributed by atoms with Crippen molar-refractivity contribution in [1.82, 2.24) is 24.8 Å². The third kappa shape index (κ3) is 3.68. The summed E-state index contributed by atoms with van der Waals surface area (Å²) in [7, 11) is 0. The van der Waals surface area contributed by atoms with E-state index in [1.165, 1.54) is 16.4 Å². The van der Waals surface area contributed by atoms with Crippen LogP contribution >= 0.6 is 11.8 Å². The number of benzene rings is 1. The summed E-state index contributed by atoms with van der Waals surface area (Å²) in [5.74, 6) is 0.843. The summed E-state index contributed by atoms with van der Waals surface area (Å²) < 4.78 is 1.51. The van der Waals surface area contributed by atoms with E-state index in [-0.39, 0.29) is 5.71 Å². The Balaban J connectivity index is 1.78. The quantitative estimate of drug-likeness (QED) is 0.550. The molecule has 0 atom stereocenters. The maximum absolute atomic E-state index is 9.66. The highest BCUT2D eigenvalue weighted by Crippen LogP contribution is 2.29. The Labute approximate surface area is 184 Å². The first kappa shape index (κ1) is 20.7. The Bertz CT molecular complexity index is 1230. The van der Waals surface area contributed by atoms with Crippen LogP contribution in [0, 0.1) is 18.3 Å². The minimum atomic E-state index is 0.188. The lowest BCUT2D eigenvalue weighted by Gasteiger charge is -2.21. The molecule has 1 aliphatic heterocycles. The largest absolute Gasteiger partial charge is 0.372 e. The first-order chi connectivity index (χ1) is 15.1. The molecule has 1 aliphatic rings. The minimum absolute atomic E-state index is 0.188. The van der Waals surface area contributed by atoms with Gasteiger partial charge < -0.3 is 4.90 Å². The summed E-state index contributed by atoms with van der Waals surface area (Å²) in [5, 5.41) is 23.3. The number of aliphatic imine (C=N–C) groups is 1. The lowest BCUT2D eigenvalue weighted by molar-refractivity contribution is 0.865. The van der Waals surface area contributed by atoms with Crippen LogP contribution < -0.4 is 4.90 Å². The van der Waals surface area contributed by atoms with Crippen molar-refractivity contribution in [3.05, 3.63) is 42.0 Å². The number of nitriles is 1. The van der Waals surface area contributed by atoms with Gasteiger partial charge >= 0.3 is 0 Å². The molecule has 9 nitrogen and oxygen atoms in total. The van der Waals surface area contributed by atoms with E-state index < -0.39 is 0 Å². The third-order valence-corrected chi connectivity index (χ3v) is 5.68. The van der Waals surface area contributed by atoms with Crippen molar-refractivity contribution >= 4 is 34.6 Å². The fourth-order valence-electron chi connectivity index (χ4n) is 3.40. The molecule has 0 spiro atoms. The fourth-order valence-corrected chi connectivity index (χ4v) is 3.90. The summed E-state index contributed by atoms with van der Waals surface area (Å²) in [4.78, 5) is 15.7. The molecule has 0 unspecified atom stereocenters. The average molecular weight is 432 g/mol. The van der Waals surface area contributed by atoms with Crippen LogP contribution in [-0.2, 0) is 0 Å². The van der Waals surface area contributed by atoms with Gasteiger partial charge in [-0.15, -0.1) is 22.0 Å². The van der Waals surface area contributed by atoms with Gasteiger partial charge in [0.2, 0.25) is 11.6 Å². The van der Waals surface area contributed by atoms with Gasteiger partial charge in [-0.05, 0) is 50.8 Å². The normalized spacial score (nSPS) is 13.8. The molecule has 31 heavy (non-hydrogen) atoms. The number of rotatable bonds is 6. The lowest BCUT2D eigenvalue weighted by Crippen LogP contribution is -2.21. The van der Waals surface area contributed by atoms with Crippen LogP contribution in [0.2, 0.25) is 0 Å². The first-order valence-corrected chi connectivity index (χ1v) is 11.1. The molecule has 0 bridgehead atoms. The van der Waals surface area contributed by atoms with E-state index in [4.69, 9.17) is 4.99 Å². The highest BCUT2D eigenvalue weighted by Gasteiger charge is 2.30. The Morgan fingerprint density at radius 3 is 2.55 bits per heavy atom. The van der Waals surface area contributed by atoms with E-state index in [2.05, 4.69) is 56.1 Å². The van der Waals surface area contributed by atoms with Crippen LogP contribution in [0.25, 0.3) is 11.5 Å². The van der Waals surface area contributed by atoms with Gasteiger partial charge in [-0.2, -0.15) is 15.0 Å². The fraction of sp³-hybridized carbons (Fsp3) is 0.286. The van der Waals surface area contributed by atoms with Crippen molar-refractivity contribution in [3.63, 3.8) is 0 Å². The zero-order valence-corrected chi connectivity index (χ0v) is 18.6. The molecule has 0 radical (unpaired) electrons. The van der Waals surface area contributed by atoms with Crippen LogP contribution in [0.3, 0.4) is 0 Å². The number of aromatic nitrogens is 5. The second-order valence-electron chi connectivity index (χ2n) is 6.74. The van der Waals surface area contributed by atoms with Crippen molar-refractivity contribution in [2.45, 2.75) is 25.8 Å². The van der Waals surface area contributed by atoms with Gasteiger partial charge in [-0.3, -0.25) is 0 Å². The predicted octanol–water partition coefficient (Wildman–Crippen LogP) is 3.47. The number of nitrogens with zero attached hydrogens (tertiary/aromatic N) is 9. The molecule has 0 N–H and O–H groups in total. The maximum Gasteiger partial charge on any atom is 0.206 e. The van der Waals surface area contributed by atoms with Gasteiger partial charge in [-0.25, -0.2) is 15.0 Å². The SMILES string of the molecule is CCN(CC)c1ccc(N=C2C(C#N)=Nn3c2nnc3-c2nccnc2SC)c(C)c1. The molecule has 0 saturated heterocycles. The van der Waals surface area contributed by atoms with Crippen molar-refractivity contribution in [2.75, 3.05) is 24.2 Å². The molecule has 0 aliphatic carbocycles. The van der Waals surface area contributed by atoms with E-state index in [0.29, 0.717) is 28.1 Å². The molecular weight excluding hydrogens is 410 g/mol. The molecule has 0 fully saturated rings. The Morgan fingerprint density at radius 1 is 1.13 bits per heavy atom. The average Bonchev–Trinajstić information content (AvgIpc) is 3.35. The molecule has 4 rings (SSSR count). The van der Waals surface area contributed by atoms with Gasteiger partial charge in [0.05, 0.1) is 5.69 Å². The van der Waals surface area contributed by atoms with Crippen molar-refractivity contribution in [3.8, 4) is 17.6 Å². The number of hydrogen-bond acceptors (Lipinski definition) is 9. The van der Waals surface area contributed by atoms with Gasteiger partial charge in [-0.1, -0.05) is 0 Å². The Kier molecular flexibility index (Phi) is 5.77. The summed E-state index contributed by atoms with van der Waals surface area (Å²) in [6.45, 7) is 8.13. The van der Waals surface area contributed by atoms with E-state index in [1.807, 2.05) is 25.3 Å². The number of fused-ring (bicyclic) bond motifs is 1. The molecule has 3 aromatic rings. The number of aryl methyl sites for hydroxylation is 1. The van der Waals surface area contributed by atoms with Crippen LogP contribution in [-0.4, -0.2) is 55.6 Å². The topological polar surface area (TPSA) is 108 Å². The maximum atomic E-state index is 9.66. The highest BCUT2D eigenvalue weighted by molar-refractivity contribution is 7.98. The number of thioether (sulfide) groups is 1. The standard InChI is InChI=1S/C21H21N9S/c1-5-29(6-2)14-7-8-15(13(3)11-14)25-17-16(12-22)28-30-19(17)26-27-20(30)18-21(31-4)24-10-9-23-18/h7-11H,5-6H2,1-4H3. The Hall–Kier alpha value is -3.58. The van der Waals surface area contributed by atoms with Crippen LogP contribution in [0.4, 0.5) is 11.4 Å². The van der Waals surface area contributed by atoms with Gasteiger partial charge in [0.15, 0.2) is 5.71 Å². The summed E-state index contributed by atoms with van der Waals surface area (Å²) in [6, 6.07) is 8.22. The number of anilines is 1. The van der Waals surface area contributed by atoms with Gasteiger partial charge in [0, 0.05) is 31.2 Å². The smallest absolute Gasteiger partial charge is 0.206 e.